The molecule has 3 rings (SSSR count). The zero-order valence-electron chi connectivity index (χ0n) is 11.9. The molecule has 7 heteroatoms. The van der Waals surface area contributed by atoms with Crippen LogP contribution in [0.15, 0.2) is 51.8 Å². The molecule has 3 aromatic rings. The Morgan fingerprint density at radius 3 is 2.45 bits per heavy atom. The highest BCUT2D eigenvalue weighted by atomic mass is 35.5. The van der Waals surface area contributed by atoms with Crippen LogP contribution in [-0.2, 0) is 17.1 Å². The van der Waals surface area contributed by atoms with E-state index in [2.05, 4.69) is 4.40 Å². The number of hydrogen-bond acceptors (Lipinski definition) is 3. The summed E-state index contributed by atoms with van der Waals surface area (Å²) in [6.07, 6.45) is 0. The standard InChI is InChI=1S/C15H13ClN2O2S2/c1-10-4-3-5-13-14(10)18(2)15(21-13)17-22(19,20)12-8-6-11(16)7-9-12/h3-9H,1-2H3. The van der Waals surface area contributed by atoms with Crippen molar-refractivity contribution < 1.29 is 8.42 Å². The van der Waals surface area contributed by atoms with E-state index in [1.165, 1.54) is 23.5 Å². The fourth-order valence-corrected chi connectivity index (χ4v) is 4.70. The Morgan fingerprint density at radius 1 is 1.14 bits per heavy atom. The molecule has 0 aliphatic carbocycles. The van der Waals surface area contributed by atoms with E-state index in [4.69, 9.17) is 11.6 Å². The van der Waals surface area contributed by atoms with Crippen molar-refractivity contribution in [3.8, 4) is 0 Å². The number of halogens is 1. The van der Waals surface area contributed by atoms with Crippen molar-refractivity contribution in [3.05, 3.63) is 57.9 Å². The van der Waals surface area contributed by atoms with E-state index in [9.17, 15) is 8.42 Å². The first-order valence-corrected chi connectivity index (χ1v) is 9.14. The lowest BCUT2D eigenvalue weighted by molar-refractivity contribution is 0.596. The predicted molar refractivity (Wildman–Crippen MR) is 89.7 cm³/mol. The van der Waals surface area contributed by atoms with E-state index in [1.54, 1.807) is 12.1 Å². The number of fused-ring (bicyclic) bond motifs is 1. The van der Waals surface area contributed by atoms with Gasteiger partial charge in [-0.25, -0.2) is 0 Å². The Kier molecular flexibility index (Phi) is 3.84. The van der Waals surface area contributed by atoms with Gasteiger partial charge in [0.15, 0.2) is 0 Å². The van der Waals surface area contributed by atoms with Crippen molar-refractivity contribution in [2.45, 2.75) is 11.8 Å². The molecule has 4 nitrogen and oxygen atoms in total. The first-order chi connectivity index (χ1) is 10.4. The summed E-state index contributed by atoms with van der Waals surface area (Å²) in [5.74, 6) is 0. The van der Waals surface area contributed by atoms with Gasteiger partial charge in [0.05, 0.1) is 15.1 Å². The van der Waals surface area contributed by atoms with Gasteiger partial charge in [0.2, 0.25) is 4.80 Å². The van der Waals surface area contributed by atoms with Gasteiger partial charge in [-0.1, -0.05) is 35.1 Å². The van der Waals surface area contributed by atoms with E-state index < -0.39 is 10.0 Å². The van der Waals surface area contributed by atoms with E-state index in [0.717, 1.165) is 15.8 Å². The largest absolute Gasteiger partial charge is 0.319 e. The highest BCUT2D eigenvalue weighted by molar-refractivity contribution is 7.90. The predicted octanol–water partition coefficient (Wildman–Crippen LogP) is 3.49. The SMILES string of the molecule is Cc1cccc2sc(=NS(=O)(=O)c3ccc(Cl)cc3)n(C)c12. The first kappa shape index (κ1) is 15.3. The molecular formula is C15H13ClN2O2S2. The summed E-state index contributed by atoms with van der Waals surface area (Å²) in [5.41, 5.74) is 2.08. The molecular weight excluding hydrogens is 340 g/mol. The fraction of sp³-hybridized carbons (Fsp3) is 0.133. The van der Waals surface area contributed by atoms with Crippen molar-refractivity contribution in [3.63, 3.8) is 0 Å². The minimum atomic E-state index is -3.76. The van der Waals surface area contributed by atoms with Gasteiger partial charge in [-0.15, -0.1) is 4.40 Å². The van der Waals surface area contributed by atoms with Gasteiger partial charge in [0.25, 0.3) is 10.0 Å². The molecule has 0 saturated heterocycles. The maximum Gasteiger partial charge on any atom is 0.285 e. The van der Waals surface area contributed by atoms with Crippen molar-refractivity contribution in [1.82, 2.24) is 4.57 Å². The Bertz CT molecular complexity index is 1020. The van der Waals surface area contributed by atoms with Gasteiger partial charge >= 0.3 is 0 Å². The monoisotopic (exact) mass is 352 g/mol. The quantitative estimate of drug-likeness (QED) is 0.708. The minimum Gasteiger partial charge on any atom is -0.319 e. The lowest BCUT2D eigenvalue weighted by Gasteiger charge is -2.00. The third-order valence-corrected chi connectivity index (χ3v) is 6.08. The Balaban J connectivity index is 2.22. The molecule has 0 unspecified atom stereocenters. The summed E-state index contributed by atoms with van der Waals surface area (Å²) >= 11 is 7.14. The van der Waals surface area contributed by atoms with Gasteiger partial charge in [-0.05, 0) is 42.8 Å². The van der Waals surface area contributed by atoms with Crippen LogP contribution >= 0.6 is 22.9 Å². The Morgan fingerprint density at radius 2 is 1.82 bits per heavy atom. The second-order valence-corrected chi connectivity index (χ2v) is 7.94. The van der Waals surface area contributed by atoms with E-state index >= 15 is 0 Å². The van der Waals surface area contributed by atoms with Crippen LogP contribution in [0.25, 0.3) is 10.2 Å². The van der Waals surface area contributed by atoms with Gasteiger partial charge < -0.3 is 4.57 Å². The molecule has 0 radical (unpaired) electrons. The number of aromatic nitrogens is 1. The van der Waals surface area contributed by atoms with Crippen molar-refractivity contribution in [1.29, 1.82) is 0 Å². The van der Waals surface area contributed by atoms with Crippen LogP contribution < -0.4 is 4.80 Å². The second kappa shape index (κ2) is 5.53. The summed E-state index contributed by atoms with van der Waals surface area (Å²) in [6.45, 7) is 1.99. The average Bonchev–Trinajstić information content (AvgIpc) is 2.76. The van der Waals surface area contributed by atoms with Crippen LogP contribution in [0, 0.1) is 6.92 Å². The minimum absolute atomic E-state index is 0.131. The molecule has 22 heavy (non-hydrogen) atoms. The van der Waals surface area contributed by atoms with Gasteiger partial charge in [0, 0.05) is 12.1 Å². The van der Waals surface area contributed by atoms with Crippen molar-refractivity contribution in [2.75, 3.05) is 0 Å². The molecule has 0 bridgehead atoms. The molecule has 0 N–H and O–H groups in total. The first-order valence-electron chi connectivity index (χ1n) is 6.50. The van der Waals surface area contributed by atoms with Crippen LogP contribution in [0.4, 0.5) is 0 Å². The summed E-state index contributed by atoms with van der Waals surface area (Å²) < 4.78 is 31.6. The molecule has 0 saturated carbocycles. The third-order valence-electron chi connectivity index (χ3n) is 3.33. The fourth-order valence-electron chi connectivity index (χ4n) is 2.25. The lowest BCUT2D eigenvalue weighted by atomic mass is 10.2. The Hall–Kier alpha value is -1.63. The van der Waals surface area contributed by atoms with E-state index in [0.29, 0.717) is 9.82 Å². The van der Waals surface area contributed by atoms with Crippen LogP contribution in [0.5, 0.6) is 0 Å². The second-order valence-electron chi connectivity index (χ2n) is 4.89. The summed E-state index contributed by atoms with van der Waals surface area (Å²) in [4.78, 5) is 0.574. The molecule has 114 valence electrons. The number of aryl methyl sites for hydroxylation is 2. The Labute approximate surface area is 137 Å². The average molecular weight is 353 g/mol. The molecule has 0 spiro atoms. The number of para-hydroxylation sites is 1. The number of thiazole rings is 1. The summed E-state index contributed by atoms with van der Waals surface area (Å²) in [5, 5.41) is 0.488. The molecule has 0 fully saturated rings. The van der Waals surface area contributed by atoms with Gasteiger partial charge in [-0.3, -0.25) is 0 Å². The zero-order valence-corrected chi connectivity index (χ0v) is 14.3. The number of sulfonamides is 1. The molecule has 0 amide bonds. The van der Waals surface area contributed by atoms with Crippen LogP contribution in [0.3, 0.4) is 0 Å². The topological polar surface area (TPSA) is 51.4 Å². The molecule has 1 heterocycles. The molecule has 0 atom stereocenters. The van der Waals surface area contributed by atoms with Crippen molar-refractivity contribution >= 4 is 43.2 Å². The maximum absolute atomic E-state index is 12.4. The van der Waals surface area contributed by atoms with Gasteiger partial charge in [-0.2, -0.15) is 8.42 Å². The molecule has 1 aromatic heterocycles. The summed E-state index contributed by atoms with van der Waals surface area (Å²) in [6, 6.07) is 11.9. The third kappa shape index (κ3) is 2.69. The van der Waals surface area contributed by atoms with Crippen LogP contribution in [0.1, 0.15) is 5.56 Å². The molecule has 0 aliphatic rings. The van der Waals surface area contributed by atoms with Crippen LogP contribution in [-0.4, -0.2) is 13.0 Å². The zero-order chi connectivity index (χ0) is 15.9. The van der Waals surface area contributed by atoms with Gasteiger partial charge in [0.1, 0.15) is 0 Å². The lowest BCUT2D eigenvalue weighted by Crippen LogP contribution is -2.14. The maximum atomic E-state index is 12.4. The van der Waals surface area contributed by atoms with Crippen molar-refractivity contribution in [2.24, 2.45) is 11.4 Å². The van der Waals surface area contributed by atoms with E-state index in [1.807, 2.05) is 36.7 Å². The number of rotatable bonds is 2. The molecule has 2 aromatic carbocycles. The number of benzene rings is 2. The smallest absolute Gasteiger partial charge is 0.285 e. The highest BCUT2D eigenvalue weighted by Gasteiger charge is 2.14. The summed E-state index contributed by atoms with van der Waals surface area (Å²) in [7, 11) is -1.94. The number of hydrogen-bond donors (Lipinski definition) is 0. The highest BCUT2D eigenvalue weighted by Crippen LogP contribution is 2.21. The normalized spacial score (nSPS) is 13.0. The van der Waals surface area contributed by atoms with E-state index in [-0.39, 0.29) is 4.90 Å². The molecule has 0 aliphatic heterocycles. The number of nitrogens with zero attached hydrogens (tertiary/aromatic N) is 2. The van der Waals surface area contributed by atoms with Crippen LogP contribution in [0.2, 0.25) is 5.02 Å².